The summed E-state index contributed by atoms with van der Waals surface area (Å²) in [5.41, 5.74) is 1.42. The van der Waals surface area contributed by atoms with Crippen LogP contribution in [-0.2, 0) is 11.2 Å². The highest BCUT2D eigenvalue weighted by molar-refractivity contribution is 5.94. The fourth-order valence-electron chi connectivity index (χ4n) is 1.93. The van der Waals surface area contributed by atoms with E-state index in [2.05, 4.69) is 10.6 Å². The average Bonchev–Trinajstić information content (AvgIpc) is 2.54. The Hall–Kier alpha value is -2.82. The van der Waals surface area contributed by atoms with Gasteiger partial charge in [0.25, 0.3) is 5.91 Å². The van der Waals surface area contributed by atoms with E-state index in [1.165, 1.54) is 0 Å². The van der Waals surface area contributed by atoms with Gasteiger partial charge in [-0.2, -0.15) is 0 Å². The normalized spacial score (nSPS) is 10.0. The zero-order valence-corrected chi connectivity index (χ0v) is 12.1. The molecular weight excluding hydrogens is 280 g/mol. The maximum absolute atomic E-state index is 11.8. The summed E-state index contributed by atoms with van der Waals surface area (Å²) in [5, 5.41) is 14.6. The summed E-state index contributed by atoms with van der Waals surface area (Å²) in [6.45, 7) is 0.741. The van der Waals surface area contributed by atoms with Gasteiger partial charge in [-0.15, -0.1) is 0 Å². The van der Waals surface area contributed by atoms with Gasteiger partial charge in [-0.1, -0.05) is 30.3 Å². The number of hydrogen-bond donors (Lipinski definition) is 3. The number of carbonyl (C=O) groups is 2. The fraction of sp³-hybridized carbons (Fsp3) is 0.176. The third-order valence-electron chi connectivity index (χ3n) is 3.07. The van der Waals surface area contributed by atoms with Crippen LogP contribution < -0.4 is 10.6 Å². The lowest BCUT2D eigenvalue weighted by atomic mass is 10.1. The first-order chi connectivity index (χ1) is 10.6. The molecule has 0 radical (unpaired) electrons. The van der Waals surface area contributed by atoms with E-state index in [0.29, 0.717) is 18.7 Å². The van der Waals surface area contributed by atoms with Crippen molar-refractivity contribution in [3.63, 3.8) is 0 Å². The molecule has 2 aromatic carbocycles. The molecule has 0 aliphatic heterocycles. The molecule has 0 heterocycles. The molecule has 2 amide bonds. The Morgan fingerprint density at radius 1 is 0.864 bits per heavy atom. The van der Waals surface area contributed by atoms with Crippen molar-refractivity contribution in [3.05, 3.63) is 65.7 Å². The van der Waals surface area contributed by atoms with E-state index in [1.54, 1.807) is 48.5 Å². The van der Waals surface area contributed by atoms with E-state index in [1.807, 2.05) is 6.07 Å². The molecule has 0 saturated carbocycles. The van der Waals surface area contributed by atoms with Crippen LogP contribution in [0.25, 0.3) is 0 Å². The van der Waals surface area contributed by atoms with Crippen molar-refractivity contribution in [1.29, 1.82) is 0 Å². The lowest BCUT2D eigenvalue weighted by Crippen LogP contribution is -2.35. The first-order valence-electron chi connectivity index (χ1n) is 7.03. The minimum absolute atomic E-state index is 0.125. The molecular formula is C17H18N2O3. The number of benzene rings is 2. The summed E-state index contributed by atoms with van der Waals surface area (Å²) >= 11 is 0. The largest absolute Gasteiger partial charge is 0.508 e. The van der Waals surface area contributed by atoms with E-state index >= 15 is 0 Å². The van der Waals surface area contributed by atoms with Crippen LogP contribution in [0.4, 0.5) is 0 Å². The highest BCUT2D eigenvalue weighted by atomic mass is 16.3. The molecule has 3 N–H and O–H groups in total. The highest BCUT2D eigenvalue weighted by Gasteiger charge is 2.05. The molecule has 0 atom stereocenters. The van der Waals surface area contributed by atoms with Gasteiger partial charge in [0.05, 0.1) is 6.42 Å². The molecule has 0 fully saturated rings. The predicted octanol–water partition coefficient (Wildman–Crippen LogP) is 1.48. The quantitative estimate of drug-likeness (QED) is 0.707. The van der Waals surface area contributed by atoms with E-state index in [9.17, 15) is 9.59 Å². The highest BCUT2D eigenvalue weighted by Crippen LogP contribution is 2.09. The van der Waals surface area contributed by atoms with Crippen molar-refractivity contribution < 1.29 is 14.7 Å². The fourth-order valence-corrected chi connectivity index (χ4v) is 1.93. The Bertz CT molecular complexity index is 624. The summed E-state index contributed by atoms with van der Waals surface area (Å²) < 4.78 is 0. The molecule has 0 bridgehead atoms. The van der Waals surface area contributed by atoms with Gasteiger partial charge in [0.15, 0.2) is 0 Å². The number of nitrogens with one attached hydrogen (secondary N) is 2. The Balaban J connectivity index is 1.67. The van der Waals surface area contributed by atoms with Crippen LogP contribution in [0.1, 0.15) is 15.9 Å². The lowest BCUT2D eigenvalue weighted by Gasteiger charge is -2.07. The van der Waals surface area contributed by atoms with Gasteiger partial charge in [0.1, 0.15) is 5.75 Å². The van der Waals surface area contributed by atoms with Gasteiger partial charge in [-0.25, -0.2) is 0 Å². The number of phenols is 1. The van der Waals surface area contributed by atoms with Crippen molar-refractivity contribution in [2.75, 3.05) is 13.1 Å². The lowest BCUT2D eigenvalue weighted by molar-refractivity contribution is -0.120. The van der Waals surface area contributed by atoms with Gasteiger partial charge < -0.3 is 15.7 Å². The molecule has 0 aliphatic carbocycles. The third kappa shape index (κ3) is 4.94. The first-order valence-corrected chi connectivity index (χ1v) is 7.03. The zero-order valence-electron chi connectivity index (χ0n) is 12.1. The van der Waals surface area contributed by atoms with Gasteiger partial charge in [-0.3, -0.25) is 9.59 Å². The van der Waals surface area contributed by atoms with Crippen molar-refractivity contribution in [3.8, 4) is 5.75 Å². The molecule has 5 heteroatoms. The third-order valence-corrected chi connectivity index (χ3v) is 3.07. The van der Waals surface area contributed by atoms with Crippen molar-refractivity contribution >= 4 is 11.8 Å². The minimum Gasteiger partial charge on any atom is -0.508 e. The molecule has 5 nitrogen and oxygen atoms in total. The van der Waals surface area contributed by atoms with E-state index in [4.69, 9.17) is 5.11 Å². The average molecular weight is 298 g/mol. The molecule has 0 aliphatic rings. The number of rotatable bonds is 6. The maximum atomic E-state index is 11.8. The number of aromatic hydroxyl groups is 1. The number of phenolic OH excluding ortho intramolecular Hbond substituents is 1. The Labute approximate surface area is 129 Å². The summed E-state index contributed by atoms with van der Waals surface area (Å²) in [6.07, 6.45) is 0.243. The summed E-state index contributed by atoms with van der Waals surface area (Å²) in [7, 11) is 0. The predicted molar refractivity (Wildman–Crippen MR) is 83.6 cm³/mol. The van der Waals surface area contributed by atoms with Crippen LogP contribution in [0.3, 0.4) is 0 Å². The van der Waals surface area contributed by atoms with E-state index in [0.717, 1.165) is 5.56 Å². The van der Waals surface area contributed by atoms with Gasteiger partial charge >= 0.3 is 0 Å². The first kappa shape index (κ1) is 15.6. The Morgan fingerprint density at radius 3 is 2.18 bits per heavy atom. The maximum Gasteiger partial charge on any atom is 0.251 e. The molecule has 0 aromatic heterocycles. The molecule has 0 spiro atoms. The Kier molecular flexibility index (Phi) is 5.54. The summed E-state index contributed by atoms with van der Waals surface area (Å²) in [4.78, 5) is 23.5. The van der Waals surface area contributed by atoms with Crippen LogP contribution in [-0.4, -0.2) is 30.0 Å². The Morgan fingerprint density at radius 2 is 1.50 bits per heavy atom. The zero-order chi connectivity index (χ0) is 15.8. The summed E-state index contributed by atoms with van der Waals surface area (Å²) in [6, 6.07) is 15.4. The van der Waals surface area contributed by atoms with Crippen LogP contribution in [0.2, 0.25) is 0 Å². The standard InChI is InChI=1S/C17H18N2O3/c20-15-8-6-13(7-9-15)12-16(21)18-10-11-19-17(22)14-4-2-1-3-5-14/h1-9,20H,10-12H2,(H,18,21)(H,19,22). The van der Waals surface area contributed by atoms with Crippen molar-refractivity contribution in [1.82, 2.24) is 10.6 Å². The van der Waals surface area contributed by atoms with Crippen molar-refractivity contribution in [2.45, 2.75) is 6.42 Å². The molecule has 0 unspecified atom stereocenters. The molecule has 22 heavy (non-hydrogen) atoms. The smallest absolute Gasteiger partial charge is 0.251 e. The van der Waals surface area contributed by atoms with Crippen LogP contribution in [0, 0.1) is 0 Å². The van der Waals surface area contributed by atoms with Crippen LogP contribution in [0.15, 0.2) is 54.6 Å². The second kappa shape index (κ2) is 7.83. The van der Waals surface area contributed by atoms with Crippen LogP contribution >= 0.6 is 0 Å². The number of hydrogen-bond acceptors (Lipinski definition) is 3. The minimum atomic E-state index is -0.159. The number of carbonyl (C=O) groups excluding carboxylic acids is 2. The van der Waals surface area contributed by atoms with E-state index in [-0.39, 0.29) is 24.0 Å². The van der Waals surface area contributed by atoms with Gasteiger partial charge in [0.2, 0.25) is 5.91 Å². The monoisotopic (exact) mass is 298 g/mol. The molecule has 2 aromatic rings. The SMILES string of the molecule is O=C(Cc1ccc(O)cc1)NCCNC(=O)c1ccccc1. The second-order valence-corrected chi connectivity index (χ2v) is 4.82. The van der Waals surface area contributed by atoms with E-state index < -0.39 is 0 Å². The van der Waals surface area contributed by atoms with Gasteiger partial charge in [0, 0.05) is 18.7 Å². The summed E-state index contributed by atoms with van der Waals surface area (Å²) in [5.74, 6) is -0.110. The molecule has 2 rings (SSSR count). The number of amides is 2. The molecule has 0 saturated heterocycles. The van der Waals surface area contributed by atoms with Gasteiger partial charge in [-0.05, 0) is 29.8 Å². The van der Waals surface area contributed by atoms with Crippen LogP contribution in [0.5, 0.6) is 5.75 Å². The van der Waals surface area contributed by atoms with Crippen molar-refractivity contribution in [2.24, 2.45) is 0 Å². The second-order valence-electron chi connectivity index (χ2n) is 4.82. The topological polar surface area (TPSA) is 78.4 Å². The molecule has 114 valence electrons.